The lowest BCUT2D eigenvalue weighted by atomic mass is 9.85. The van der Waals surface area contributed by atoms with Gasteiger partial charge in [0.25, 0.3) is 0 Å². The third-order valence-electron chi connectivity index (χ3n) is 3.42. The van der Waals surface area contributed by atoms with Crippen molar-refractivity contribution < 1.29 is 4.74 Å². The number of benzene rings is 1. The molecular weight excluding hydrogens is 210 g/mol. The van der Waals surface area contributed by atoms with Crippen LogP contribution in [0.3, 0.4) is 0 Å². The third kappa shape index (κ3) is 2.81. The van der Waals surface area contributed by atoms with Crippen LogP contribution < -0.4 is 10.5 Å². The van der Waals surface area contributed by atoms with Crippen LogP contribution in [-0.2, 0) is 5.41 Å². The molecule has 1 saturated carbocycles. The predicted octanol–water partition coefficient (Wildman–Crippen LogP) is 3.16. The molecule has 0 aliphatic heterocycles. The molecular formula is C15H23NO. The van der Waals surface area contributed by atoms with Crippen LogP contribution in [0.4, 0.5) is 0 Å². The molecule has 1 aromatic rings. The first-order valence-corrected chi connectivity index (χ1v) is 6.34. The molecule has 2 rings (SSSR count). The van der Waals surface area contributed by atoms with Gasteiger partial charge in [-0.05, 0) is 36.3 Å². The summed E-state index contributed by atoms with van der Waals surface area (Å²) in [7, 11) is 0. The molecule has 2 N–H and O–H groups in total. The maximum absolute atomic E-state index is 6.08. The SMILES string of the molecule is Cc1cccc(C(C)(C)C)c1OCC1(N)CC1. The summed E-state index contributed by atoms with van der Waals surface area (Å²) in [5, 5.41) is 0. The molecule has 0 unspecified atom stereocenters. The fourth-order valence-electron chi connectivity index (χ4n) is 1.96. The van der Waals surface area contributed by atoms with Crippen molar-refractivity contribution in [1.29, 1.82) is 0 Å². The van der Waals surface area contributed by atoms with Crippen molar-refractivity contribution in [3.63, 3.8) is 0 Å². The van der Waals surface area contributed by atoms with Crippen LogP contribution in [0.1, 0.15) is 44.7 Å². The van der Waals surface area contributed by atoms with Crippen LogP contribution in [0.25, 0.3) is 0 Å². The Morgan fingerprint density at radius 1 is 1.29 bits per heavy atom. The first-order valence-electron chi connectivity index (χ1n) is 6.34. The van der Waals surface area contributed by atoms with E-state index >= 15 is 0 Å². The summed E-state index contributed by atoms with van der Waals surface area (Å²) in [6.07, 6.45) is 2.17. The molecule has 1 aromatic carbocycles. The largest absolute Gasteiger partial charge is 0.491 e. The topological polar surface area (TPSA) is 35.2 Å². The molecule has 2 nitrogen and oxygen atoms in total. The van der Waals surface area contributed by atoms with Gasteiger partial charge in [-0.3, -0.25) is 0 Å². The fourth-order valence-corrected chi connectivity index (χ4v) is 1.96. The van der Waals surface area contributed by atoms with E-state index in [1.165, 1.54) is 11.1 Å². The summed E-state index contributed by atoms with van der Waals surface area (Å²) in [4.78, 5) is 0. The van der Waals surface area contributed by atoms with Gasteiger partial charge in [-0.2, -0.15) is 0 Å². The van der Waals surface area contributed by atoms with Gasteiger partial charge in [0.2, 0.25) is 0 Å². The molecule has 1 aliphatic carbocycles. The number of rotatable bonds is 3. The van der Waals surface area contributed by atoms with Gasteiger partial charge in [-0.25, -0.2) is 0 Å². The number of hydrogen-bond acceptors (Lipinski definition) is 2. The molecule has 17 heavy (non-hydrogen) atoms. The maximum atomic E-state index is 6.08. The van der Waals surface area contributed by atoms with E-state index in [0.29, 0.717) is 6.61 Å². The Balaban J connectivity index is 2.24. The van der Waals surface area contributed by atoms with E-state index in [0.717, 1.165) is 18.6 Å². The lowest BCUT2D eigenvalue weighted by Gasteiger charge is -2.25. The zero-order valence-corrected chi connectivity index (χ0v) is 11.3. The lowest BCUT2D eigenvalue weighted by Crippen LogP contribution is -2.30. The zero-order valence-electron chi connectivity index (χ0n) is 11.3. The minimum absolute atomic E-state index is 0.0581. The van der Waals surface area contributed by atoms with Crippen molar-refractivity contribution in [2.24, 2.45) is 5.73 Å². The van der Waals surface area contributed by atoms with Crippen molar-refractivity contribution in [3.05, 3.63) is 29.3 Å². The average molecular weight is 233 g/mol. The molecule has 2 heteroatoms. The first kappa shape index (κ1) is 12.4. The van der Waals surface area contributed by atoms with Crippen LogP contribution in [-0.4, -0.2) is 12.1 Å². The van der Waals surface area contributed by atoms with Crippen LogP contribution >= 0.6 is 0 Å². The second kappa shape index (κ2) is 4.02. The summed E-state index contributed by atoms with van der Waals surface area (Å²) < 4.78 is 6.00. The van der Waals surface area contributed by atoms with E-state index in [1.54, 1.807) is 0 Å². The average Bonchev–Trinajstić information content (AvgIpc) is 2.93. The fraction of sp³-hybridized carbons (Fsp3) is 0.600. The smallest absolute Gasteiger partial charge is 0.126 e. The third-order valence-corrected chi connectivity index (χ3v) is 3.42. The van der Waals surface area contributed by atoms with E-state index in [9.17, 15) is 0 Å². The second-order valence-electron chi connectivity index (χ2n) is 6.35. The molecule has 0 aromatic heterocycles. The molecule has 94 valence electrons. The monoisotopic (exact) mass is 233 g/mol. The van der Waals surface area contributed by atoms with Gasteiger partial charge < -0.3 is 10.5 Å². The van der Waals surface area contributed by atoms with Gasteiger partial charge in [0.1, 0.15) is 12.4 Å². The van der Waals surface area contributed by atoms with Crippen LogP contribution in [0.15, 0.2) is 18.2 Å². The Kier molecular flexibility index (Phi) is 2.94. The molecule has 0 atom stereocenters. The summed E-state index contributed by atoms with van der Waals surface area (Å²) in [6.45, 7) is 9.37. The highest BCUT2D eigenvalue weighted by Gasteiger charge is 2.39. The number of aryl methyl sites for hydroxylation is 1. The Labute approximate surface area is 104 Å². The highest BCUT2D eigenvalue weighted by Crippen LogP contribution is 2.37. The van der Waals surface area contributed by atoms with E-state index in [4.69, 9.17) is 10.5 Å². The standard InChI is InChI=1S/C15H23NO/c1-11-6-5-7-12(14(2,3)4)13(11)17-10-15(16)8-9-15/h5-7H,8-10,16H2,1-4H3. The summed E-state index contributed by atoms with van der Waals surface area (Å²) in [6, 6.07) is 6.34. The molecule has 1 fully saturated rings. The van der Waals surface area contributed by atoms with Crippen molar-refractivity contribution in [2.45, 2.75) is 51.5 Å². The molecule has 0 bridgehead atoms. The van der Waals surface area contributed by atoms with E-state index < -0.39 is 0 Å². The summed E-state index contributed by atoms with van der Waals surface area (Å²) in [5.41, 5.74) is 8.59. The highest BCUT2D eigenvalue weighted by molar-refractivity contribution is 5.44. The Hall–Kier alpha value is -1.02. The predicted molar refractivity (Wildman–Crippen MR) is 71.5 cm³/mol. The Morgan fingerprint density at radius 2 is 1.94 bits per heavy atom. The minimum Gasteiger partial charge on any atom is -0.491 e. The van der Waals surface area contributed by atoms with Gasteiger partial charge in [-0.1, -0.05) is 39.0 Å². The van der Waals surface area contributed by atoms with Gasteiger partial charge in [-0.15, -0.1) is 0 Å². The number of nitrogens with two attached hydrogens (primary N) is 1. The maximum Gasteiger partial charge on any atom is 0.126 e. The molecule has 0 radical (unpaired) electrons. The minimum atomic E-state index is -0.0581. The summed E-state index contributed by atoms with van der Waals surface area (Å²) in [5.74, 6) is 1.02. The molecule has 0 saturated heterocycles. The Morgan fingerprint density at radius 3 is 2.47 bits per heavy atom. The number of hydrogen-bond donors (Lipinski definition) is 1. The van der Waals surface area contributed by atoms with E-state index in [2.05, 4.69) is 45.9 Å². The second-order valence-corrected chi connectivity index (χ2v) is 6.35. The molecule has 0 amide bonds. The van der Waals surface area contributed by atoms with Crippen LogP contribution in [0, 0.1) is 6.92 Å². The van der Waals surface area contributed by atoms with Gasteiger partial charge >= 0.3 is 0 Å². The van der Waals surface area contributed by atoms with Crippen LogP contribution in [0.5, 0.6) is 5.75 Å². The van der Waals surface area contributed by atoms with Gasteiger partial charge in [0, 0.05) is 0 Å². The molecule has 0 spiro atoms. The summed E-state index contributed by atoms with van der Waals surface area (Å²) >= 11 is 0. The van der Waals surface area contributed by atoms with E-state index in [-0.39, 0.29) is 11.0 Å². The normalized spacial score (nSPS) is 17.9. The molecule has 1 aliphatic rings. The van der Waals surface area contributed by atoms with Crippen molar-refractivity contribution in [1.82, 2.24) is 0 Å². The first-order chi connectivity index (χ1) is 7.82. The zero-order chi connectivity index (χ0) is 12.7. The van der Waals surface area contributed by atoms with Crippen molar-refractivity contribution >= 4 is 0 Å². The van der Waals surface area contributed by atoms with Gasteiger partial charge in [0.15, 0.2) is 0 Å². The lowest BCUT2D eigenvalue weighted by molar-refractivity contribution is 0.271. The van der Waals surface area contributed by atoms with Gasteiger partial charge in [0.05, 0.1) is 5.54 Å². The molecule has 0 heterocycles. The van der Waals surface area contributed by atoms with E-state index in [1.807, 2.05) is 0 Å². The van der Waals surface area contributed by atoms with Crippen LogP contribution in [0.2, 0.25) is 0 Å². The van der Waals surface area contributed by atoms with Crippen molar-refractivity contribution in [3.8, 4) is 5.75 Å². The Bertz CT molecular complexity index is 413. The highest BCUT2D eigenvalue weighted by atomic mass is 16.5. The number of ether oxygens (including phenoxy) is 1. The number of para-hydroxylation sites is 1. The quantitative estimate of drug-likeness (QED) is 0.870. The van der Waals surface area contributed by atoms with Crippen molar-refractivity contribution in [2.75, 3.05) is 6.61 Å².